The van der Waals surface area contributed by atoms with Crippen LogP contribution in [0.15, 0.2) is 18.2 Å². The van der Waals surface area contributed by atoms with Crippen molar-refractivity contribution in [3.63, 3.8) is 0 Å². The molecule has 1 aromatic rings. The monoisotopic (exact) mass is 302 g/mol. The van der Waals surface area contributed by atoms with Gasteiger partial charge in [-0.3, -0.25) is 4.79 Å². The number of likely N-dealkylation sites (tertiary alicyclic amines) is 1. The first-order valence-electron chi connectivity index (χ1n) is 6.55. The molecule has 1 aromatic carbocycles. The Morgan fingerprint density at radius 3 is 2.57 bits per heavy atom. The van der Waals surface area contributed by atoms with Gasteiger partial charge in [0.25, 0.3) is 5.91 Å². The zero-order chi connectivity index (χ0) is 15.8. The number of amides is 1. The molecular weight excluding hydrogens is 285 g/mol. The lowest BCUT2D eigenvalue weighted by atomic mass is 10.1. The highest BCUT2D eigenvalue weighted by Gasteiger charge is 2.36. The SMILES string of the molecule is CNc1ccc(C(F)(F)F)cc1C(=O)N1CCC(C)(O)C1. The average molecular weight is 302 g/mol. The van der Waals surface area contributed by atoms with Crippen molar-refractivity contribution in [2.24, 2.45) is 0 Å². The number of carbonyl (C=O) groups excluding carboxylic acids is 1. The molecule has 0 aromatic heterocycles. The van der Waals surface area contributed by atoms with E-state index in [1.54, 1.807) is 14.0 Å². The number of alkyl halides is 3. The van der Waals surface area contributed by atoms with E-state index >= 15 is 0 Å². The Bertz CT molecular complexity index is 556. The number of β-amino-alcohol motifs (C(OH)–C–C–N with tert-alkyl or cyclic N) is 1. The Kier molecular flexibility index (Phi) is 3.88. The van der Waals surface area contributed by atoms with E-state index in [0.717, 1.165) is 12.1 Å². The topological polar surface area (TPSA) is 52.6 Å². The van der Waals surface area contributed by atoms with Crippen molar-refractivity contribution in [1.82, 2.24) is 4.90 Å². The summed E-state index contributed by atoms with van der Waals surface area (Å²) in [7, 11) is 1.54. The van der Waals surface area contributed by atoms with Crippen LogP contribution in [0.2, 0.25) is 0 Å². The Morgan fingerprint density at radius 2 is 2.10 bits per heavy atom. The predicted octanol–water partition coefficient (Wildman–Crippen LogP) is 2.34. The Hall–Kier alpha value is -1.76. The molecule has 1 fully saturated rings. The fourth-order valence-electron chi connectivity index (χ4n) is 2.40. The molecule has 1 saturated heterocycles. The number of carbonyl (C=O) groups is 1. The standard InChI is InChI=1S/C14H17F3N2O2/c1-13(21)5-6-19(8-13)12(20)10-7-9(14(15,16)17)3-4-11(10)18-2/h3-4,7,18,21H,5-6,8H2,1-2H3. The number of halogens is 3. The molecule has 2 N–H and O–H groups in total. The minimum atomic E-state index is -4.50. The summed E-state index contributed by atoms with van der Waals surface area (Å²) in [6.45, 7) is 2.04. The summed E-state index contributed by atoms with van der Waals surface area (Å²) in [6.07, 6.45) is -4.09. The maximum Gasteiger partial charge on any atom is 0.416 e. The third-order valence-corrected chi connectivity index (χ3v) is 3.59. The molecule has 0 spiro atoms. The van der Waals surface area contributed by atoms with Crippen molar-refractivity contribution in [3.8, 4) is 0 Å². The van der Waals surface area contributed by atoms with Crippen molar-refractivity contribution < 1.29 is 23.1 Å². The van der Waals surface area contributed by atoms with Gasteiger partial charge in [0.15, 0.2) is 0 Å². The molecule has 1 aliphatic heterocycles. The summed E-state index contributed by atoms with van der Waals surface area (Å²) in [5.74, 6) is -0.511. The zero-order valence-corrected chi connectivity index (χ0v) is 11.8. The highest BCUT2D eigenvalue weighted by atomic mass is 19.4. The van der Waals surface area contributed by atoms with Gasteiger partial charge in [0, 0.05) is 25.8 Å². The van der Waals surface area contributed by atoms with Crippen LogP contribution in [0.3, 0.4) is 0 Å². The average Bonchev–Trinajstić information content (AvgIpc) is 2.76. The highest BCUT2D eigenvalue weighted by Crippen LogP contribution is 2.33. The number of benzene rings is 1. The molecular formula is C14H17F3N2O2. The molecule has 0 bridgehead atoms. The van der Waals surface area contributed by atoms with Crippen LogP contribution in [-0.2, 0) is 6.18 Å². The van der Waals surface area contributed by atoms with Crippen molar-refractivity contribution in [2.75, 3.05) is 25.5 Å². The number of rotatable bonds is 2. The summed E-state index contributed by atoms with van der Waals surface area (Å²) in [5.41, 5.74) is -1.56. The summed E-state index contributed by atoms with van der Waals surface area (Å²) >= 11 is 0. The Morgan fingerprint density at radius 1 is 1.43 bits per heavy atom. The van der Waals surface area contributed by atoms with E-state index in [0.29, 0.717) is 18.7 Å². The Labute approximate surface area is 120 Å². The number of aliphatic hydroxyl groups is 1. The number of nitrogens with one attached hydrogen (secondary N) is 1. The molecule has 0 aliphatic carbocycles. The molecule has 1 heterocycles. The first-order chi connectivity index (χ1) is 9.64. The first kappa shape index (κ1) is 15.6. The van der Waals surface area contributed by atoms with Gasteiger partial charge in [-0.05, 0) is 31.5 Å². The zero-order valence-electron chi connectivity index (χ0n) is 11.8. The molecule has 0 saturated carbocycles. The molecule has 0 radical (unpaired) electrons. The highest BCUT2D eigenvalue weighted by molar-refractivity contribution is 6.00. The first-order valence-corrected chi connectivity index (χ1v) is 6.55. The lowest BCUT2D eigenvalue weighted by Gasteiger charge is -2.21. The maximum atomic E-state index is 12.8. The van der Waals surface area contributed by atoms with E-state index in [-0.39, 0.29) is 12.1 Å². The summed E-state index contributed by atoms with van der Waals surface area (Å²) < 4.78 is 38.3. The number of nitrogens with zero attached hydrogens (tertiary/aromatic N) is 1. The lowest BCUT2D eigenvalue weighted by Crippen LogP contribution is -2.34. The van der Waals surface area contributed by atoms with Crippen LogP contribution in [0.1, 0.15) is 29.3 Å². The molecule has 1 aliphatic rings. The summed E-state index contributed by atoms with van der Waals surface area (Å²) in [4.78, 5) is 13.8. The van der Waals surface area contributed by atoms with Crippen LogP contribution in [-0.4, -0.2) is 41.7 Å². The summed E-state index contributed by atoms with van der Waals surface area (Å²) in [6, 6.07) is 3.02. The molecule has 1 unspecified atom stereocenters. The van der Waals surface area contributed by atoms with Gasteiger partial charge in [0.05, 0.1) is 16.7 Å². The summed E-state index contributed by atoms with van der Waals surface area (Å²) in [5, 5.41) is 12.6. The van der Waals surface area contributed by atoms with Crippen molar-refractivity contribution in [3.05, 3.63) is 29.3 Å². The van der Waals surface area contributed by atoms with Crippen LogP contribution in [0.4, 0.5) is 18.9 Å². The van der Waals surface area contributed by atoms with Crippen molar-refractivity contribution in [1.29, 1.82) is 0 Å². The van der Waals surface area contributed by atoms with E-state index in [1.807, 2.05) is 0 Å². The quantitative estimate of drug-likeness (QED) is 0.881. The minimum absolute atomic E-state index is 0.0370. The fourth-order valence-corrected chi connectivity index (χ4v) is 2.40. The normalized spacial score (nSPS) is 22.5. The van der Waals surface area contributed by atoms with Gasteiger partial charge in [0.2, 0.25) is 0 Å². The van der Waals surface area contributed by atoms with Gasteiger partial charge in [0.1, 0.15) is 0 Å². The Balaban J connectivity index is 2.35. The second-order valence-electron chi connectivity index (χ2n) is 5.48. The molecule has 4 nitrogen and oxygen atoms in total. The van der Waals surface area contributed by atoms with E-state index in [2.05, 4.69) is 5.32 Å². The predicted molar refractivity (Wildman–Crippen MR) is 72.1 cm³/mol. The van der Waals surface area contributed by atoms with E-state index in [1.165, 1.54) is 11.0 Å². The van der Waals surface area contributed by atoms with E-state index in [9.17, 15) is 23.1 Å². The van der Waals surface area contributed by atoms with Crippen LogP contribution in [0.5, 0.6) is 0 Å². The third-order valence-electron chi connectivity index (χ3n) is 3.59. The lowest BCUT2D eigenvalue weighted by molar-refractivity contribution is -0.137. The third kappa shape index (κ3) is 3.29. The fraction of sp³-hybridized carbons (Fsp3) is 0.500. The largest absolute Gasteiger partial charge is 0.416 e. The number of hydrogen-bond donors (Lipinski definition) is 2. The van der Waals surface area contributed by atoms with Gasteiger partial charge in [-0.1, -0.05) is 0 Å². The van der Waals surface area contributed by atoms with Gasteiger partial charge in [-0.15, -0.1) is 0 Å². The van der Waals surface area contributed by atoms with E-state index < -0.39 is 23.2 Å². The molecule has 116 valence electrons. The minimum Gasteiger partial charge on any atom is -0.388 e. The second-order valence-corrected chi connectivity index (χ2v) is 5.48. The molecule has 7 heteroatoms. The molecule has 1 amide bonds. The van der Waals surface area contributed by atoms with Crippen LogP contribution >= 0.6 is 0 Å². The molecule has 1 atom stereocenters. The van der Waals surface area contributed by atoms with Crippen molar-refractivity contribution in [2.45, 2.75) is 25.1 Å². The van der Waals surface area contributed by atoms with Gasteiger partial charge in [-0.25, -0.2) is 0 Å². The second kappa shape index (κ2) is 5.22. The van der Waals surface area contributed by atoms with Gasteiger partial charge < -0.3 is 15.3 Å². The molecule has 21 heavy (non-hydrogen) atoms. The van der Waals surface area contributed by atoms with Crippen LogP contribution in [0, 0.1) is 0 Å². The smallest absolute Gasteiger partial charge is 0.388 e. The maximum absolute atomic E-state index is 12.8. The van der Waals surface area contributed by atoms with Crippen molar-refractivity contribution >= 4 is 11.6 Å². The number of anilines is 1. The van der Waals surface area contributed by atoms with Gasteiger partial charge >= 0.3 is 6.18 Å². The molecule has 2 rings (SSSR count). The number of hydrogen-bond acceptors (Lipinski definition) is 3. The van der Waals surface area contributed by atoms with Crippen LogP contribution < -0.4 is 5.32 Å². The van der Waals surface area contributed by atoms with Gasteiger partial charge in [-0.2, -0.15) is 13.2 Å². The van der Waals surface area contributed by atoms with Crippen LogP contribution in [0.25, 0.3) is 0 Å². The van der Waals surface area contributed by atoms with E-state index in [4.69, 9.17) is 0 Å².